The fourth-order valence-electron chi connectivity index (χ4n) is 2.15. The molecule has 0 amide bonds. The summed E-state index contributed by atoms with van der Waals surface area (Å²) in [5, 5.41) is 0. The molecule has 7 heteroatoms. The van der Waals surface area contributed by atoms with Gasteiger partial charge in [-0.2, -0.15) is 0 Å². The smallest absolute Gasteiger partial charge is 0.336 e. The minimum atomic E-state index is -0.288. The Kier molecular flexibility index (Phi) is 4.49. The van der Waals surface area contributed by atoms with Crippen molar-refractivity contribution < 1.29 is 14.3 Å². The summed E-state index contributed by atoms with van der Waals surface area (Å²) < 4.78 is 10.9. The number of benzene rings is 1. The van der Waals surface area contributed by atoms with Gasteiger partial charge in [0.2, 0.25) is 0 Å². The second-order valence-corrected chi connectivity index (χ2v) is 5.91. The highest BCUT2D eigenvalue weighted by molar-refractivity contribution is 6.60. The van der Waals surface area contributed by atoms with E-state index in [2.05, 4.69) is 0 Å². The molecule has 0 aliphatic heterocycles. The van der Waals surface area contributed by atoms with Gasteiger partial charge in [0.1, 0.15) is 42.7 Å². The van der Waals surface area contributed by atoms with Crippen LogP contribution < -0.4 is 26.6 Å². The van der Waals surface area contributed by atoms with Crippen LogP contribution in [0.3, 0.4) is 0 Å². The Labute approximate surface area is 119 Å². The molecule has 0 saturated heterocycles. The molecule has 1 rings (SSSR count). The van der Waals surface area contributed by atoms with E-state index in [1.165, 1.54) is 7.11 Å². The largest absolute Gasteiger partial charge is 0.489 e. The standard InChI is InChI=1S/C12H20B4O3/c1-12(2,3)19-10-8(15)6(13)5(11(17)18-4)7(14)9(10)16/h13-16H2,1-4H3. The molecule has 0 heterocycles. The van der Waals surface area contributed by atoms with Crippen molar-refractivity contribution in [3.8, 4) is 5.75 Å². The van der Waals surface area contributed by atoms with Crippen molar-refractivity contribution in [2.24, 2.45) is 0 Å². The van der Waals surface area contributed by atoms with Crippen LogP contribution in [0.15, 0.2) is 0 Å². The van der Waals surface area contributed by atoms with Gasteiger partial charge in [-0.25, -0.2) is 4.79 Å². The Morgan fingerprint density at radius 3 is 1.68 bits per heavy atom. The van der Waals surface area contributed by atoms with Crippen LogP contribution in [-0.4, -0.2) is 50.1 Å². The van der Waals surface area contributed by atoms with Crippen molar-refractivity contribution in [3.63, 3.8) is 0 Å². The number of ether oxygens (including phenoxy) is 2. The van der Waals surface area contributed by atoms with Gasteiger partial charge in [0.15, 0.2) is 0 Å². The first kappa shape index (κ1) is 15.8. The molecule has 0 unspecified atom stereocenters. The monoisotopic (exact) mass is 256 g/mol. The molecule has 0 spiro atoms. The van der Waals surface area contributed by atoms with Crippen LogP contribution in [0.5, 0.6) is 5.75 Å². The van der Waals surface area contributed by atoms with Crippen molar-refractivity contribution in [2.75, 3.05) is 7.11 Å². The van der Waals surface area contributed by atoms with Gasteiger partial charge in [0.05, 0.1) is 7.11 Å². The first-order chi connectivity index (χ1) is 8.60. The lowest BCUT2D eigenvalue weighted by Crippen LogP contribution is -2.48. The Morgan fingerprint density at radius 1 is 0.947 bits per heavy atom. The quantitative estimate of drug-likeness (QED) is 0.396. The maximum absolute atomic E-state index is 11.9. The van der Waals surface area contributed by atoms with E-state index in [1.54, 1.807) is 0 Å². The summed E-state index contributed by atoms with van der Waals surface area (Å²) in [6, 6.07) is 0. The van der Waals surface area contributed by atoms with E-state index >= 15 is 0 Å². The lowest BCUT2D eigenvalue weighted by atomic mass is 9.66. The van der Waals surface area contributed by atoms with Gasteiger partial charge in [-0.1, -0.05) is 21.9 Å². The van der Waals surface area contributed by atoms with Crippen molar-refractivity contribution in [1.29, 1.82) is 0 Å². The van der Waals surface area contributed by atoms with Gasteiger partial charge < -0.3 is 9.47 Å². The summed E-state index contributed by atoms with van der Waals surface area (Å²) in [7, 11) is 9.24. The molecule has 3 nitrogen and oxygen atoms in total. The second kappa shape index (κ2) is 5.40. The van der Waals surface area contributed by atoms with Crippen LogP contribution in [0, 0.1) is 0 Å². The van der Waals surface area contributed by atoms with Crippen molar-refractivity contribution >= 4 is 59.2 Å². The second-order valence-electron chi connectivity index (χ2n) is 5.91. The van der Waals surface area contributed by atoms with E-state index in [0.29, 0.717) is 5.56 Å². The topological polar surface area (TPSA) is 35.5 Å². The predicted molar refractivity (Wildman–Crippen MR) is 90.9 cm³/mol. The SMILES string of the molecule is Bc1c(B)c(C(=O)OC)c(B)c(B)c1OC(C)(C)C. The number of methoxy groups -OCH3 is 1. The fraction of sp³-hybridized carbons (Fsp3) is 0.417. The first-order valence-electron chi connectivity index (χ1n) is 6.47. The van der Waals surface area contributed by atoms with E-state index < -0.39 is 0 Å². The van der Waals surface area contributed by atoms with Crippen molar-refractivity contribution in [3.05, 3.63) is 5.56 Å². The van der Waals surface area contributed by atoms with Gasteiger partial charge in [0, 0.05) is 5.56 Å². The zero-order chi connectivity index (χ0) is 15.0. The number of hydrogen-bond acceptors (Lipinski definition) is 3. The molecule has 98 valence electrons. The van der Waals surface area contributed by atoms with Crippen molar-refractivity contribution in [2.45, 2.75) is 26.4 Å². The molecule has 1 aromatic carbocycles. The zero-order valence-electron chi connectivity index (χ0n) is 13.2. The molecule has 1 aromatic rings. The molecule has 0 aromatic heterocycles. The number of rotatable bonds is 2. The molecular formula is C12H20B4O3. The highest BCUT2D eigenvalue weighted by Gasteiger charge is 2.22. The summed E-state index contributed by atoms with van der Waals surface area (Å²) in [6.07, 6.45) is 0. The molecule has 0 saturated carbocycles. The maximum atomic E-state index is 11.9. The summed E-state index contributed by atoms with van der Waals surface area (Å²) >= 11 is 0. The van der Waals surface area contributed by atoms with Crippen LogP contribution in [0.1, 0.15) is 31.1 Å². The third kappa shape index (κ3) is 3.20. The predicted octanol–water partition coefficient (Wildman–Crippen LogP) is -4.32. The molecule has 0 aliphatic rings. The lowest BCUT2D eigenvalue weighted by molar-refractivity contribution is 0.0604. The van der Waals surface area contributed by atoms with E-state index in [9.17, 15) is 4.79 Å². The van der Waals surface area contributed by atoms with Crippen LogP contribution in [0.2, 0.25) is 0 Å². The molecule has 0 bridgehead atoms. The highest BCUT2D eigenvalue weighted by Crippen LogP contribution is 2.12. The average Bonchev–Trinajstić information content (AvgIpc) is 2.31. The van der Waals surface area contributed by atoms with Gasteiger partial charge in [0.25, 0.3) is 0 Å². The molecule has 19 heavy (non-hydrogen) atoms. The van der Waals surface area contributed by atoms with Crippen LogP contribution in [0.25, 0.3) is 0 Å². The van der Waals surface area contributed by atoms with E-state index in [-0.39, 0.29) is 11.6 Å². The van der Waals surface area contributed by atoms with Crippen molar-refractivity contribution in [1.82, 2.24) is 0 Å². The van der Waals surface area contributed by atoms with Crippen LogP contribution in [-0.2, 0) is 4.74 Å². The van der Waals surface area contributed by atoms with E-state index in [0.717, 1.165) is 27.6 Å². The molecular weight excluding hydrogens is 235 g/mol. The molecule has 0 atom stereocenters. The van der Waals surface area contributed by atoms with Gasteiger partial charge >= 0.3 is 5.97 Å². The summed E-state index contributed by atoms with van der Waals surface area (Å²) in [5.41, 5.74) is 4.24. The summed E-state index contributed by atoms with van der Waals surface area (Å²) in [6.45, 7) is 6.06. The molecule has 0 N–H and O–H groups in total. The Bertz CT molecular complexity index is 492. The third-order valence-electron chi connectivity index (χ3n) is 3.35. The Balaban J connectivity index is 3.52. The summed E-state index contributed by atoms with van der Waals surface area (Å²) in [5.74, 6) is 0.582. The molecule has 0 radical (unpaired) electrons. The maximum Gasteiger partial charge on any atom is 0.336 e. The van der Waals surface area contributed by atoms with Crippen LogP contribution in [0.4, 0.5) is 0 Å². The normalized spacial score (nSPS) is 11.2. The number of hydrogen-bond donors (Lipinski definition) is 0. The number of carbonyl (C=O) groups is 1. The van der Waals surface area contributed by atoms with Crippen LogP contribution >= 0.6 is 0 Å². The highest BCUT2D eigenvalue weighted by atomic mass is 16.5. The van der Waals surface area contributed by atoms with Gasteiger partial charge in [-0.05, 0) is 20.8 Å². The molecule has 0 fully saturated rings. The van der Waals surface area contributed by atoms with E-state index in [1.807, 2.05) is 52.2 Å². The number of carbonyl (C=O) groups excluding carboxylic acids is 1. The number of esters is 1. The van der Waals surface area contributed by atoms with Gasteiger partial charge in [-0.3, -0.25) is 0 Å². The first-order valence-corrected chi connectivity index (χ1v) is 6.47. The Hall–Kier alpha value is -1.25. The van der Waals surface area contributed by atoms with Gasteiger partial charge in [-0.15, -0.1) is 0 Å². The van der Waals surface area contributed by atoms with E-state index in [4.69, 9.17) is 9.47 Å². The third-order valence-corrected chi connectivity index (χ3v) is 3.35. The lowest BCUT2D eigenvalue weighted by Gasteiger charge is -2.27. The Morgan fingerprint density at radius 2 is 1.37 bits per heavy atom. The average molecular weight is 256 g/mol. The molecule has 0 aliphatic carbocycles. The summed E-state index contributed by atoms with van der Waals surface area (Å²) in [4.78, 5) is 11.9. The minimum Gasteiger partial charge on any atom is -0.489 e. The fourth-order valence-corrected chi connectivity index (χ4v) is 2.15. The zero-order valence-corrected chi connectivity index (χ0v) is 13.2. The minimum absolute atomic E-state index is 0.263.